The third kappa shape index (κ3) is 4.29. The van der Waals surface area contributed by atoms with Crippen molar-refractivity contribution in [1.29, 1.82) is 0 Å². The molecule has 0 spiro atoms. The number of aryl methyl sites for hydroxylation is 1. The topological polar surface area (TPSA) is 3.24 Å². The molecule has 0 amide bonds. The smallest absolute Gasteiger partial charge is 0.0235 e. The van der Waals surface area contributed by atoms with Gasteiger partial charge in [0.2, 0.25) is 0 Å². The highest BCUT2D eigenvalue weighted by atomic mass is 35.5. The summed E-state index contributed by atoms with van der Waals surface area (Å²) < 4.78 is 0. The summed E-state index contributed by atoms with van der Waals surface area (Å²) in [5.74, 6) is 0.794. The van der Waals surface area contributed by atoms with E-state index in [0.717, 1.165) is 18.3 Å². The van der Waals surface area contributed by atoms with Crippen LogP contribution in [0.3, 0.4) is 0 Å². The van der Waals surface area contributed by atoms with Crippen molar-refractivity contribution in [1.82, 2.24) is 4.90 Å². The highest BCUT2D eigenvalue weighted by Gasteiger charge is 2.23. The lowest BCUT2D eigenvalue weighted by atomic mass is 9.91. The molecule has 0 aliphatic heterocycles. The molecule has 1 saturated carbocycles. The molecule has 1 aromatic carbocycles. The summed E-state index contributed by atoms with van der Waals surface area (Å²) >= 11 is 5.81. The second-order valence-corrected chi connectivity index (χ2v) is 5.63. The molecule has 0 bridgehead atoms. The van der Waals surface area contributed by atoms with Crippen LogP contribution in [0.2, 0.25) is 0 Å². The predicted molar refractivity (Wildman–Crippen MR) is 79.3 cm³/mol. The lowest BCUT2D eigenvalue weighted by Gasteiger charge is -2.37. The maximum absolute atomic E-state index is 5.81. The standard InChI is InChI=1S/C16H24ClN/c17-12-6-14-18(16-10-4-11-16)13-5-9-15-7-2-1-3-8-15/h1-3,7-8,16H,4-6,9-14H2. The zero-order valence-electron chi connectivity index (χ0n) is 11.2. The highest BCUT2D eigenvalue weighted by Crippen LogP contribution is 2.25. The molecular formula is C16H24ClN. The Kier molecular flexibility index (Phi) is 6.02. The van der Waals surface area contributed by atoms with Crippen LogP contribution in [0, 0.1) is 0 Å². The van der Waals surface area contributed by atoms with Gasteiger partial charge in [-0.05, 0) is 50.8 Å². The number of halogens is 1. The van der Waals surface area contributed by atoms with E-state index in [1.54, 1.807) is 0 Å². The molecule has 1 aliphatic carbocycles. The molecule has 1 fully saturated rings. The Morgan fingerprint density at radius 2 is 1.78 bits per heavy atom. The largest absolute Gasteiger partial charge is 0.300 e. The van der Waals surface area contributed by atoms with Crippen LogP contribution in [0.15, 0.2) is 30.3 Å². The van der Waals surface area contributed by atoms with E-state index in [4.69, 9.17) is 11.6 Å². The fourth-order valence-electron chi connectivity index (χ4n) is 2.62. The quantitative estimate of drug-likeness (QED) is 0.640. The first-order valence-corrected chi connectivity index (χ1v) is 7.77. The fourth-order valence-corrected chi connectivity index (χ4v) is 2.74. The number of nitrogens with zero attached hydrogens (tertiary/aromatic N) is 1. The van der Waals surface area contributed by atoms with Crippen molar-refractivity contribution in [2.75, 3.05) is 19.0 Å². The summed E-state index contributed by atoms with van der Waals surface area (Å²) in [6.45, 7) is 2.42. The van der Waals surface area contributed by atoms with Crippen LogP contribution in [-0.2, 0) is 6.42 Å². The molecule has 0 aromatic heterocycles. The van der Waals surface area contributed by atoms with Crippen LogP contribution in [0.5, 0.6) is 0 Å². The van der Waals surface area contributed by atoms with E-state index in [-0.39, 0.29) is 0 Å². The molecule has 1 nitrogen and oxygen atoms in total. The van der Waals surface area contributed by atoms with E-state index in [9.17, 15) is 0 Å². The van der Waals surface area contributed by atoms with E-state index in [2.05, 4.69) is 35.2 Å². The third-order valence-corrected chi connectivity index (χ3v) is 4.19. The first-order valence-electron chi connectivity index (χ1n) is 7.24. The summed E-state index contributed by atoms with van der Waals surface area (Å²) in [4.78, 5) is 2.66. The molecule has 1 aliphatic rings. The van der Waals surface area contributed by atoms with Crippen LogP contribution in [0.4, 0.5) is 0 Å². The van der Waals surface area contributed by atoms with Gasteiger partial charge in [-0.3, -0.25) is 0 Å². The Labute approximate surface area is 116 Å². The van der Waals surface area contributed by atoms with Crippen LogP contribution >= 0.6 is 11.6 Å². The van der Waals surface area contributed by atoms with E-state index < -0.39 is 0 Å². The molecule has 0 saturated heterocycles. The zero-order chi connectivity index (χ0) is 12.6. The summed E-state index contributed by atoms with van der Waals surface area (Å²) in [6, 6.07) is 11.7. The summed E-state index contributed by atoms with van der Waals surface area (Å²) in [5, 5.41) is 0. The Bertz CT molecular complexity index is 321. The Balaban J connectivity index is 1.71. The van der Waals surface area contributed by atoms with Gasteiger partial charge < -0.3 is 4.90 Å². The number of hydrogen-bond acceptors (Lipinski definition) is 1. The van der Waals surface area contributed by atoms with Gasteiger partial charge in [-0.1, -0.05) is 36.8 Å². The van der Waals surface area contributed by atoms with Gasteiger partial charge in [-0.2, -0.15) is 0 Å². The summed E-state index contributed by atoms with van der Waals surface area (Å²) in [6.07, 6.45) is 7.80. The molecule has 0 radical (unpaired) electrons. The van der Waals surface area contributed by atoms with Gasteiger partial charge in [0.25, 0.3) is 0 Å². The molecule has 1 aromatic rings. The highest BCUT2D eigenvalue weighted by molar-refractivity contribution is 6.17. The second kappa shape index (κ2) is 7.81. The zero-order valence-corrected chi connectivity index (χ0v) is 11.9. The third-order valence-electron chi connectivity index (χ3n) is 3.92. The number of alkyl halides is 1. The molecule has 0 atom stereocenters. The molecule has 0 N–H and O–H groups in total. The van der Waals surface area contributed by atoms with Gasteiger partial charge in [-0.25, -0.2) is 0 Å². The van der Waals surface area contributed by atoms with E-state index in [0.29, 0.717) is 0 Å². The van der Waals surface area contributed by atoms with Crippen molar-refractivity contribution in [2.45, 2.75) is 44.6 Å². The molecule has 0 unspecified atom stereocenters. The van der Waals surface area contributed by atoms with Gasteiger partial charge in [-0.15, -0.1) is 11.6 Å². The van der Waals surface area contributed by atoms with Gasteiger partial charge in [0.1, 0.15) is 0 Å². The lowest BCUT2D eigenvalue weighted by molar-refractivity contribution is 0.126. The molecule has 18 heavy (non-hydrogen) atoms. The lowest BCUT2D eigenvalue weighted by Crippen LogP contribution is -2.41. The van der Waals surface area contributed by atoms with Crippen molar-refractivity contribution in [2.24, 2.45) is 0 Å². The number of benzene rings is 1. The summed E-state index contributed by atoms with van der Waals surface area (Å²) in [5.41, 5.74) is 1.46. The Hall–Kier alpha value is -0.530. The van der Waals surface area contributed by atoms with Crippen molar-refractivity contribution in [3.8, 4) is 0 Å². The average molecular weight is 266 g/mol. The minimum Gasteiger partial charge on any atom is -0.300 e. The van der Waals surface area contributed by atoms with Crippen LogP contribution < -0.4 is 0 Å². The van der Waals surface area contributed by atoms with Gasteiger partial charge in [0.15, 0.2) is 0 Å². The monoisotopic (exact) mass is 265 g/mol. The van der Waals surface area contributed by atoms with Gasteiger partial charge >= 0.3 is 0 Å². The molecule has 100 valence electrons. The van der Waals surface area contributed by atoms with Crippen molar-refractivity contribution in [3.05, 3.63) is 35.9 Å². The normalized spacial score (nSPS) is 15.9. The molecule has 0 heterocycles. The minimum atomic E-state index is 0.794. The maximum Gasteiger partial charge on any atom is 0.0235 e. The molecule has 2 rings (SSSR count). The SMILES string of the molecule is ClCCCN(CCCc1ccccc1)C1CCC1. The number of hydrogen-bond donors (Lipinski definition) is 0. The average Bonchev–Trinajstić information content (AvgIpc) is 2.35. The van der Waals surface area contributed by atoms with Gasteiger partial charge in [0, 0.05) is 11.9 Å². The Morgan fingerprint density at radius 1 is 1.06 bits per heavy atom. The Morgan fingerprint density at radius 3 is 2.39 bits per heavy atom. The van der Waals surface area contributed by atoms with Crippen molar-refractivity contribution >= 4 is 11.6 Å². The van der Waals surface area contributed by atoms with Crippen molar-refractivity contribution in [3.63, 3.8) is 0 Å². The maximum atomic E-state index is 5.81. The first kappa shape index (κ1) is 13.9. The van der Waals surface area contributed by atoms with Crippen molar-refractivity contribution < 1.29 is 0 Å². The number of rotatable bonds is 8. The first-order chi connectivity index (χ1) is 8.90. The van der Waals surface area contributed by atoms with Gasteiger partial charge in [0.05, 0.1) is 0 Å². The van der Waals surface area contributed by atoms with Crippen LogP contribution in [-0.4, -0.2) is 29.9 Å². The summed E-state index contributed by atoms with van der Waals surface area (Å²) in [7, 11) is 0. The molecular weight excluding hydrogens is 242 g/mol. The van der Waals surface area contributed by atoms with E-state index >= 15 is 0 Å². The fraction of sp³-hybridized carbons (Fsp3) is 0.625. The van der Waals surface area contributed by atoms with Crippen LogP contribution in [0.1, 0.15) is 37.7 Å². The van der Waals surface area contributed by atoms with E-state index in [1.807, 2.05) is 0 Å². The minimum absolute atomic E-state index is 0.794. The molecule has 2 heteroatoms. The second-order valence-electron chi connectivity index (χ2n) is 5.25. The van der Waals surface area contributed by atoms with E-state index in [1.165, 1.54) is 50.8 Å². The van der Waals surface area contributed by atoms with Crippen LogP contribution in [0.25, 0.3) is 0 Å². The predicted octanol–water partition coefficient (Wildman–Crippen LogP) is 4.10.